The second kappa shape index (κ2) is 7.35. The highest BCUT2D eigenvalue weighted by Gasteiger charge is 2.59. The summed E-state index contributed by atoms with van der Waals surface area (Å²) >= 11 is 0. The van der Waals surface area contributed by atoms with Crippen LogP contribution in [0.3, 0.4) is 0 Å². The van der Waals surface area contributed by atoms with Gasteiger partial charge in [-0.25, -0.2) is 0 Å². The minimum atomic E-state index is -1.75. The first kappa shape index (κ1) is 19.4. The lowest BCUT2D eigenvalue weighted by Crippen LogP contribution is -3.10. The van der Waals surface area contributed by atoms with E-state index in [2.05, 4.69) is 18.2 Å². The summed E-state index contributed by atoms with van der Waals surface area (Å²) in [5, 5.41) is 38.5. The minimum absolute atomic E-state index is 0.156. The van der Waals surface area contributed by atoms with Crippen LogP contribution < -0.4 is 14.4 Å². The van der Waals surface area contributed by atoms with Crippen molar-refractivity contribution in [2.24, 2.45) is 17.3 Å². The van der Waals surface area contributed by atoms with E-state index >= 15 is 0 Å². The number of quaternary nitrogens is 1. The third-order valence-electron chi connectivity index (χ3n) is 5.85. The van der Waals surface area contributed by atoms with E-state index in [1.807, 2.05) is 19.2 Å². The Morgan fingerprint density at radius 3 is 2.46 bits per heavy atom. The van der Waals surface area contributed by atoms with Gasteiger partial charge >= 0.3 is 0 Å². The van der Waals surface area contributed by atoms with Crippen molar-refractivity contribution in [2.45, 2.75) is 5.92 Å². The average molecular weight is 376 g/mol. The first-order valence-electron chi connectivity index (χ1n) is 9.02. The van der Waals surface area contributed by atoms with E-state index in [-0.39, 0.29) is 11.6 Å². The van der Waals surface area contributed by atoms with Gasteiger partial charge in [-0.2, -0.15) is 15.8 Å². The van der Waals surface area contributed by atoms with Crippen molar-refractivity contribution in [3.63, 3.8) is 0 Å². The van der Waals surface area contributed by atoms with Crippen molar-refractivity contribution in [1.82, 2.24) is 0 Å². The number of ether oxygens (including phenoxy) is 2. The maximum atomic E-state index is 10.1. The fourth-order valence-corrected chi connectivity index (χ4v) is 4.56. The number of rotatable bonds is 3. The molecule has 0 bridgehead atoms. The van der Waals surface area contributed by atoms with Crippen molar-refractivity contribution in [2.75, 3.05) is 34.4 Å². The van der Waals surface area contributed by atoms with E-state index in [0.717, 1.165) is 12.1 Å². The zero-order valence-corrected chi connectivity index (χ0v) is 16.1. The van der Waals surface area contributed by atoms with E-state index in [9.17, 15) is 15.8 Å². The fourth-order valence-electron chi connectivity index (χ4n) is 4.56. The lowest BCUT2D eigenvalue weighted by Gasteiger charge is -2.46. The Morgan fingerprint density at radius 2 is 1.89 bits per heavy atom. The Balaban J connectivity index is 2.34. The molecule has 0 aromatic heterocycles. The highest BCUT2D eigenvalue weighted by atomic mass is 16.5. The Bertz CT molecular complexity index is 948. The monoisotopic (exact) mass is 376 g/mol. The number of nitrogens with zero attached hydrogens (tertiary/aromatic N) is 3. The van der Waals surface area contributed by atoms with Crippen molar-refractivity contribution in [1.29, 1.82) is 21.2 Å². The Morgan fingerprint density at radius 1 is 1.18 bits per heavy atom. The molecule has 7 heteroatoms. The van der Waals surface area contributed by atoms with Crippen molar-refractivity contribution in [3.05, 3.63) is 35.4 Å². The van der Waals surface area contributed by atoms with Crippen LogP contribution in [0.4, 0.5) is 0 Å². The molecule has 0 amide bonds. The van der Waals surface area contributed by atoms with Gasteiger partial charge in [0.1, 0.15) is 5.92 Å². The smallest absolute Gasteiger partial charge is 0.190 e. The molecule has 1 fully saturated rings. The normalized spacial score (nSPS) is 28.0. The Hall–Kier alpha value is -3.34. The number of nitrogens with one attached hydrogen (secondary N) is 2. The van der Waals surface area contributed by atoms with Gasteiger partial charge in [-0.1, -0.05) is 12.1 Å². The summed E-state index contributed by atoms with van der Waals surface area (Å²) < 4.78 is 11.0. The van der Waals surface area contributed by atoms with Crippen molar-refractivity contribution >= 4 is 5.71 Å². The van der Waals surface area contributed by atoms with Crippen LogP contribution in [-0.4, -0.2) is 40.1 Å². The quantitative estimate of drug-likeness (QED) is 0.765. The van der Waals surface area contributed by atoms with E-state index in [1.54, 1.807) is 12.1 Å². The molecule has 1 heterocycles. The topological polar surface area (TPSA) is 118 Å². The molecule has 1 aliphatic carbocycles. The van der Waals surface area contributed by atoms with Gasteiger partial charge in [0.05, 0.1) is 58.3 Å². The number of hydrogen-bond acceptors (Lipinski definition) is 6. The first-order valence-corrected chi connectivity index (χ1v) is 9.02. The second-order valence-electron chi connectivity index (χ2n) is 7.24. The van der Waals surface area contributed by atoms with Crippen LogP contribution in [0.5, 0.6) is 11.5 Å². The predicted octanol–water partition coefficient (Wildman–Crippen LogP) is 1.07. The number of methoxy groups -OCH3 is 2. The van der Waals surface area contributed by atoms with E-state index in [0.29, 0.717) is 23.6 Å². The van der Waals surface area contributed by atoms with Crippen molar-refractivity contribution in [3.8, 4) is 29.7 Å². The summed E-state index contributed by atoms with van der Waals surface area (Å²) in [6, 6.07) is 11.7. The van der Waals surface area contributed by atoms with Gasteiger partial charge in [0.2, 0.25) is 0 Å². The first-order chi connectivity index (χ1) is 13.5. The molecule has 4 atom stereocenters. The standard InChI is InChI=1S/C21H21N5O2/c1-26-8-7-13-15(9-22)20(25)21(11-23,12-24)18(16(13)10-26)14-5-4-6-17(27-2)19(14)28-3/h4-7,15-16,18,25H,8,10H2,1-3H3/p+1/t15?,16-,18+/m0/s1. The zero-order valence-electron chi connectivity index (χ0n) is 16.1. The molecule has 142 valence electrons. The summed E-state index contributed by atoms with van der Waals surface area (Å²) in [6.07, 6.45) is 1.99. The Labute approximate surface area is 164 Å². The molecule has 1 aliphatic heterocycles. The summed E-state index contributed by atoms with van der Waals surface area (Å²) in [6.45, 7) is 1.40. The van der Waals surface area contributed by atoms with E-state index < -0.39 is 17.3 Å². The Kier molecular flexibility index (Phi) is 5.10. The number of nitriles is 3. The van der Waals surface area contributed by atoms with Crippen LogP contribution in [-0.2, 0) is 0 Å². The molecule has 1 aromatic carbocycles. The molecular weight excluding hydrogens is 354 g/mol. The second-order valence-corrected chi connectivity index (χ2v) is 7.24. The number of hydrogen-bond donors (Lipinski definition) is 2. The van der Waals surface area contributed by atoms with Gasteiger partial charge in [0, 0.05) is 17.4 Å². The van der Waals surface area contributed by atoms with Crippen LogP contribution >= 0.6 is 0 Å². The van der Waals surface area contributed by atoms with Gasteiger partial charge < -0.3 is 19.8 Å². The highest BCUT2D eigenvalue weighted by molar-refractivity contribution is 6.01. The average Bonchev–Trinajstić information content (AvgIpc) is 2.72. The van der Waals surface area contributed by atoms with E-state index in [1.165, 1.54) is 19.1 Å². The summed E-state index contributed by atoms with van der Waals surface area (Å²) in [5.41, 5.74) is -0.428. The number of likely N-dealkylation sites (N-methyl/N-ethyl adjacent to an activating group) is 1. The highest BCUT2D eigenvalue weighted by Crippen LogP contribution is 2.55. The molecule has 0 saturated heterocycles. The molecule has 2 N–H and O–H groups in total. The fraction of sp³-hybridized carbons (Fsp3) is 0.429. The SMILES string of the molecule is COc1cccc([C@@H]2[C@H]3C[NH+](C)CC=C3C(C#N)C(=N)C2(C#N)C#N)c1OC. The molecule has 1 aromatic rings. The largest absolute Gasteiger partial charge is 0.493 e. The maximum Gasteiger partial charge on any atom is 0.190 e. The summed E-state index contributed by atoms with van der Waals surface area (Å²) in [4.78, 5) is 1.22. The number of fused-ring (bicyclic) bond motifs is 1. The molecule has 1 saturated carbocycles. The van der Waals surface area contributed by atoms with Gasteiger partial charge in [0.15, 0.2) is 16.9 Å². The van der Waals surface area contributed by atoms with Crippen LogP contribution in [0.1, 0.15) is 11.5 Å². The van der Waals surface area contributed by atoms with E-state index in [4.69, 9.17) is 14.9 Å². The molecule has 28 heavy (non-hydrogen) atoms. The van der Waals surface area contributed by atoms with Crippen LogP contribution in [0.25, 0.3) is 0 Å². The van der Waals surface area contributed by atoms with Crippen molar-refractivity contribution < 1.29 is 14.4 Å². The maximum absolute atomic E-state index is 10.1. The third kappa shape index (κ3) is 2.62. The molecule has 7 nitrogen and oxygen atoms in total. The summed E-state index contributed by atoms with van der Waals surface area (Å²) in [7, 11) is 5.08. The van der Waals surface area contributed by atoms with Gasteiger partial charge in [-0.05, 0) is 17.7 Å². The molecule has 0 radical (unpaired) electrons. The molecular formula is C21H22N5O2+. The number of para-hydroxylation sites is 1. The lowest BCUT2D eigenvalue weighted by molar-refractivity contribution is -0.878. The van der Waals surface area contributed by atoms with Gasteiger partial charge in [-0.15, -0.1) is 0 Å². The minimum Gasteiger partial charge on any atom is -0.493 e. The van der Waals surface area contributed by atoms with Gasteiger partial charge in [0.25, 0.3) is 0 Å². The molecule has 3 rings (SSSR count). The van der Waals surface area contributed by atoms with Crippen LogP contribution in [0, 0.1) is 56.7 Å². The lowest BCUT2D eigenvalue weighted by atomic mass is 9.54. The third-order valence-corrected chi connectivity index (χ3v) is 5.85. The predicted molar refractivity (Wildman–Crippen MR) is 101 cm³/mol. The number of benzene rings is 1. The molecule has 0 spiro atoms. The van der Waals surface area contributed by atoms with Crippen LogP contribution in [0.2, 0.25) is 0 Å². The molecule has 2 aliphatic rings. The summed E-state index contributed by atoms with van der Waals surface area (Å²) in [5.74, 6) is -0.763. The van der Waals surface area contributed by atoms with Gasteiger partial charge in [-0.3, -0.25) is 0 Å². The zero-order chi connectivity index (χ0) is 20.5. The van der Waals surface area contributed by atoms with Crippen LogP contribution in [0.15, 0.2) is 29.8 Å². The molecule has 2 unspecified atom stereocenters.